The maximum Gasteiger partial charge on any atom is 0.0642 e. The summed E-state index contributed by atoms with van der Waals surface area (Å²) in [6, 6.07) is 7.01. The average molecular weight is 327 g/mol. The molecule has 1 aliphatic heterocycles. The summed E-state index contributed by atoms with van der Waals surface area (Å²) in [5.74, 6) is 1.18. The standard InChI is InChI=1S/C17H27ClN2S/c1-12-13(2)21-9-8-20(12)16-7-6-14(10-15(16)18)11-19-17(3,4)5/h6-7,10,12-13,19H,8-9,11H2,1-5H3. The van der Waals surface area contributed by atoms with Gasteiger partial charge in [-0.3, -0.25) is 0 Å². The highest BCUT2D eigenvalue weighted by Crippen LogP contribution is 2.34. The molecule has 0 spiro atoms. The Morgan fingerprint density at radius 3 is 2.67 bits per heavy atom. The predicted molar refractivity (Wildman–Crippen MR) is 96.8 cm³/mol. The van der Waals surface area contributed by atoms with Crippen LogP contribution in [0.15, 0.2) is 18.2 Å². The first kappa shape index (κ1) is 17.0. The predicted octanol–water partition coefficient (Wildman–Crippen LogP) is 4.56. The summed E-state index contributed by atoms with van der Waals surface area (Å²) in [7, 11) is 0. The zero-order chi connectivity index (χ0) is 15.6. The third kappa shape index (κ3) is 4.54. The summed E-state index contributed by atoms with van der Waals surface area (Å²) in [5.41, 5.74) is 2.54. The average Bonchev–Trinajstić information content (AvgIpc) is 2.39. The lowest BCUT2D eigenvalue weighted by Crippen LogP contribution is -2.44. The molecule has 2 rings (SSSR count). The van der Waals surface area contributed by atoms with Crippen molar-refractivity contribution in [3.8, 4) is 0 Å². The Labute approximate surface area is 138 Å². The van der Waals surface area contributed by atoms with Gasteiger partial charge >= 0.3 is 0 Å². The molecule has 21 heavy (non-hydrogen) atoms. The van der Waals surface area contributed by atoms with E-state index in [2.05, 4.69) is 63.0 Å². The molecule has 0 bridgehead atoms. The van der Waals surface area contributed by atoms with E-state index >= 15 is 0 Å². The van der Waals surface area contributed by atoms with Gasteiger partial charge in [0.15, 0.2) is 0 Å². The summed E-state index contributed by atoms with van der Waals surface area (Å²) in [6.45, 7) is 13.1. The third-order valence-corrected chi connectivity index (χ3v) is 5.67. The van der Waals surface area contributed by atoms with Gasteiger partial charge in [0, 0.05) is 35.7 Å². The zero-order valence-corrected chi connectivity index (χ0v) is 15.3. The first-order valence-corrected chi connectivity index (χ1v) is 9.12. The van der Waals surface area contributed by atoms with Gasteiger partial charge in [-0.1, -0.05) is 24.6 Å². The van der Waals surface area contributed by atoms with Crippen molar-refractivity contribution in [1.29, 1.82) is 0 Å². The Kier molecular flexibility index (Phi) is 5.50. The molecule has 2 unspecified atom stereocenters. The molecule has 1 fully saturated rings. The van der Waals surface area contributed by atoms with E-state index in [9.17, 15) is 0 Å². The highest BCUT2D eigenvalue weighted by molar-refractivity contribution is 8.00. The van der Waals surface area contributed by atoms with Crippen LogP contribution in [0.25, 0.3) is 0 Å². The summed E-state index contributed by atoms with van der Waals surface area (Å²) in [4.78, 5) is 2.45. The molecule has 1 aromatic carbocycles. The Bertz CT molecular complexity index is 484. The maximum absolute atomic E-state index is 6.55. The second-order valence-corrected chi connectivity index (χ2v) is 8.79. The van der Waals surface area contributed by atoms with E-state index in [4.69, 9.17) is 11.6 Å². The van der Waals surface area contributed by atoms with Crippen LogP contribution in [0.4, 0.5) is 5.69 Å². The highest BCUT2D eigenvalue weighted by Gasteiger charge is 2.26. The van der Waals surface area contributed by atoms with Gasteiger partial charge in [-0.2, -0.15) is 11.8 Å². The first-order chi connectivity index (χ1) is 9.78. The van der Waals surface area contributed by atoms with Crippen molar-refractivity contribution in [2.75, 3.05) is 17.2 Å². The lowest BCUT2D eigenvalue weighted by Gasteiger charge is -2.39. The fourth-order valence-electron chi connectivity index (χ4n) is 2.53. The van der Waals surface area contributed by atoms with Gasteiger partial charge in [0.25, 0.3) is 0 Å². The normalized spacial score (nSPS) is 23.4. The molecule has 1 saturated heterocycles. The van der Waals surface area contributed by atoms with E-state index in [0.29, 0.717) is 11.3 Å². The smallest absolute Gasteiger partial charge is 0.0642 e. The first-order valence-electron chi connectivity index (χ1n) is 7.69. The summed E-state index contributed by atoms with van der Waals surface area (Å²) in [5, 5.41) is 5.02. The topological polar surface area (TPSA) is 15.3 Å². The molecule has 1 heterocycles. The van der Waals surface area contributed by atoms with Gasteiger partial charge in [-0.25, -0.2) is 0 Å². The van der Waals surface area contributed by atoms with Crippen LogP contribution in [-0.2, 0) is 6.54 Å². The second-order valence-electron chi connectivity index (χ2n) is 6.90. The van der Waals surface area contributed by atoms with Crippen LogP contribution in [0.2, 0.25) is 5.02 Å². The summed E-state index contributed by atoms with van der Waals surface area (Å²) >= 11 is 8.60. The van der Waals surface area contributed by atoms with Gasteiger partial charge in [-0.05, 0) is 45.4 Å². The molecule has 2 atom stereocenters. The molecule has 1 N–H and O–H groups in total. The molecule has 118 valence electrons. The zero-order valence-electron chi connectivity index (χ0n) is 13.7. The molecule has 0 aliphatic carbocycles. The quantitative estimate of drug-likeness (QED) is 0.876. The molecule has 0 aromatic heterocycles. The number of thioether (sulfide) groups is 1. The molecule has 1 aromatic rings. The van der Waals surface area contributed by atoms with Crippen molar-refractivity contribution < 1.29 is 0 Å². The van der Waals surface area contributed by atoms with Crippen molar-refractivity contribution >= 4 is 29.1 Å². The number of rotatable bonds is 3. The number of nitrogens with one attached hydrogen (secondary N) is 1. The summed E-state index contributed by atoms with van der Waals surface area (Å²) in [6.07, 6.45) is 0. The third-order valence-electron chi connectivity index (χ3n) is 4.03. The number of hydrogen-bond acceptors (Lipinski definition) is 3. The van der Waals surface area contributed by atoms with E-state index in [1.54, 1.807) is 0 Å². The van der Waals surface area contributed by atoms with Gasteiger partial charge in [0.1, 0.15) is 0 Å². The van der Waals surface area contributed by atoms with Crippen molar-refractivity contribution in [2.45, 2.75) is 58.0 Å². The van der Waals surface area contributed by atoms with Gasteiger partial charge in [-0.15, -0.1) is 0 Å². The van der Waals surface area contributed by atoms with Crippen molar-refractivity contribution in [1.82, 2.24) is 5.32 Å². The molecular formula is C17H27ClN2S. The Morgan fingerprint density at radius 1 is 1.33 bits per heavy atom. The van der Waals surface area contributed by atoms with Crippen molar-refractivity contribution in [3.05, 3.63) is 28.8 Å². The monoisotopic (exact) mass is 326 g/mol. The van der Waals surface area contributed by atoms with Crippen LogP contribution >= 0.6 is 23.4 Å². The maximum atomic E-state index is 6.55. The van der Waals surface area contributed by atoms with Crippen molar-refractivity contribution in [2.24, 2.45) is 0 Å². The van der Waals surface area contributed by atoms with E-state index < -0.39 is 0 Å². The van der Waals surface area contributed by atoms with Crippen LogP contribution in [0.5, 0.6) is 0 Å². The van der Waals surface area contributed by atoms with Crippen LogP contribution in [0, 0.1) is 0 Å². The second kappa shape index (κ2) is 6.80. The van der Waals surface area contributed by atoms with Crippen LogP contribution in [-0.4, -0.2) is 29.1 Å². The van der Waals surface area contributed by atoms with Gasteiger partial charge in [0.05, 0.1) is 10.7 Å². The Hall–Kier alpha value is -0.380. The van der Waals surface area contributed by atoms with Crippen molar-refractivity contribution in [3.63, 3.8) is 0 Å². The van der Waals surface area contributed by atoms with E-state index in [0.717, 1.165) is 18.1 Å². The molecule has 4 heteroatoms. The molecule has 0 saturated carbocycles. The largest absolute Gasteiger partial charge is 0.366 e. The minimum atomic E-state index is 0.124. The van der Waals surface area contributed by atoms with Gasteiger partial charge in [0.2, 0.25) is 0 Å². The fraction of sp³-hybridized carbons (Fsp3) is 0.647. The van der Waals surface area contributed by atoms with Crippen LogP contribution < -0.4 is 10.2 Å². The number of halogens is 1. The molecular weight excluding hydrogens is 300 g/mol. The minimum Gasteiger partial charge on any atom is -0.366 e. The molecule has 1 aliphatic rings. The summed E-state index contributed by atoms with van der Waals surface area (Å²) < 4.78 is 0. The SMILES string of the molecule is CC1SCCN(c2ccc(CNC(C)(C)C)cc2Cl)C1C. The number of nitrogens with zero attached hydrogens (tertiary/aromatic N) is 1. The minimum absolute atomic E-state index is 0.124. The molecule has 2 nitrogen and oxygen atoms in total. The van der Waals surface area contributed by atoms with Gasteiger partial charge < -0.3 is 10.2 Å². The fourth-order valence-corrected chi connectivity index (χ4v) is 3.94. The van der Waals surface area contributed by atoms with E-state index in [-0.39, 0.29) is 5.54 Å². The number of hydrogen-bond donors (Lipinski definition) is 1. The van der Waals surface area contributed by atoms with Crippen LogP contribution in [0.3, 0.4) is 0 Å². The van der Waals surface area contributed by atoms with E-state index in [1.807, 2.05) is 11.8 Å². The Balaban J connectivity index is 2.12. The Morgan fingerprint density at radius 2 is 2.05 bits per heavy atom. The van der Waals surface area contributed by atoms with E-state index in [1.165, 1.54) is 17.0 Å². The van der Waals surface area contributed by atoms with Crippen LogP contribution in [0.1, 0.15) is 40.2 Å². The lowest BCUT2D eigenvalue weighted by molar-refractivity contribution is 0.424. The number of anilines is 1. The molecule has 0 amide bonds. The number of benzene rings is 1. The lowest BCUT2D eigenvalue weighted by atomic mass is 10.1. The molecule has 0 radical (unpaired) electrons. The highest BCUT2D eigenvalue weighted by atomic mass is 35.5.